The van der Waals surface area contributed by atoms with Gasteiger partial charge in [0.05, 0.1) is 5.60 Å². The molecule has 1 heterocycles. The Morgan fingerprint density at radius 2 is 1.90 bits per heavy atom. The average molecular weight is 277 g/mol. The molecule has 0 atom stereocenters. The molecule has 1 aliphatic heterocycles. The SMILES string of the molecule is CN1CCN(NC(=O)c2cccc(C(C)(C)O)c2)CC1. The van der Waals surface area contributed by atoms with Crippen molar-refractivity contribution in [2.45, 2.75) is 19.4 Å². The number of rotatable bonds is 3. The van der Waals surface area contributed by atoms with Crippen molar-refractivity contribution in [1.82, 2.24) is 15.3 Å². The highest BCUT2D eigenvalue weighted by atomic mass is 16.3. The van der Waals surface area contributed by atoms with Crippen molar-refractivity contribution in [2.24, 2.45) is 0 Å². The lowest BCUT2D eigenvalue weighted by Crippen LogP contribution is -2.52. The largest absolute Gasteiger partial charge is 0.386 e. The predicted molar refractivity (Wildman–Crippen MR) is 78.2 cm³/mol. The van der Waals surface area contributed by atoms with Gasteiger partial charge in [0.2, 0.25) is 0 Å². The van der Waals surface area contributed by atoms with Gasteiger partial charge in [-0.05, 0) is 38.6 Å². The molecule has 0 radical (unpaired) electrons. The molecule has 1 fully saturated rings. The molecular weight excluding hydrogens is 254 g/mol. The van der Waals surface area contributed by atoms with Crippen LogP contribution in [0.15, 0.2) is 24.3 Å². The fraction of sp³-hybridized carbons (Fsp3) is 0.533. The van der Waals surface area contributed by atoms with Gasteiger partial charge in [0.25, 0.3) is 5.91 Å². The molecule has 0 aliphatic carbocycles. The van der Waals surface area contributed by atoms with Crippen LogP contribution in [0.3, 0.4) is 0 Å². The molecule has 0 spiro atoms. The monoisotopic (exact) mass is 277 g/mol. The Morgan fingerprint density at radius 1 is 1.25 bits per heavy atom. The quantitative estimate of drug-likeness (QED) is 0.858. The van der Waals surface area contributed by atoms with Crippen LogP contribution in [0, 0.1) is 0 Å². The summed E-state index contributed by atoms with van der Waals surface area (Å²) in [6, 6.07) is 7.13. The molecular formula is C15H23N3O2. The Bertz CT molecular complexity index is 474. The van der Waals surface area contributed by atoms with Crippen LogP contribution >= 0.6 is 0 Å². The number of nitrogens with one attached hydrogen (secondary N) is 1. The molecule has 5 nitrogen and oxygen atoms in total. The number of hydrogen-bond acceptors (Lipinski definition) is 4. The summed E-state index contributed by atoms with van der Waals surface area (Å²) in [5.74, 6) is -0.124. The number of benzene rings is 1. The summed E-state index contributed by atoms with van der Waals surface area (Å²) in [5.41, 5.74) is 3.29. The smallest absolute Gasteiger partial charge is 0.265 e. The van der Waals surface area contributed by atoms with Crippen LogP contribution in [0.5, 0.6) is 0 Å². The topological polar surface area (TPSA) is 55.8 Å². The van der Waals surface area contributed by atoms with E-state index in [1.807, 2.05) is 11.1 Å². The summed E-state index contributed by atoms with van der Waals surface area (Å²) in [7, 11) is 2.08. The average Bonchev–Trinajstić information content (AvgIpc) is 2.40. The summed E-state index contributed by atoms with van der Waals surface area (Å²) in [6.07, 6.45) is 0. The third-order valence-corrected chi connectivity index (χ3v) is 3.59. The predicted octanol–water partition coefficient (Wildman–Crippen LogP) is 0.806. The fourth-order valence-corrected chi connectivity index (χ4v) is 2.17. The van der Waals surface area contributed by atoms with Crippen LogP contribution in [0.25, 0.3) is 0 Å². The van der Waals surface area contributed by atoms with Crippen LogP contribution in [0.1, 0.15) is 29.8 Å². The number of hydrogen-bond donors (Lipinski definition) is 2. The first-order chi connectivity index (χ1) is 9.36. The van der Waals surface area contributed by atoms with Crippen LogP contribution in [-0.4, -0.2) is 54.1 Å². The van der Waals surface area contributed by atoms with Gasteiger partial charge in [0.1, 0.15) is 0 Å². The van der Waals surface area contributed by atoms with Crippen molar-refractivity contribution in [3.05, 3.63) is 35.4 Å². The van der Waals surface area contributed by atoms with Crippen molar-refractivity contribution in [2.75, 3.05) is 33.2 Å². The van der Waals surface area contributed by atoms with Gasteiger partial charge >= 0.3 is 0 Å². The maximum Gasteiger partial charge on any atom is 0.265 e. The van der Waals surface area contributed by atoms with E-state index in [1.54, 1.807) is 32.0 Å². The number of nitrogens with zero attached hydrogens (tertiary/aromatic N) is 2. The van der Waals surface area contributed by atoms with Crippen LogP contribution in [-0.2, 0) is 5.60 Å². The number of amides is 1. The number of carbonyl (C=O) groups excluding carboxylic acids is 1. The number of piperazine rings is 1. The lowest BCUT2D eigenvalue weighted by atomic mass is 9.96. The zero-order valence-electron chi connectivity index (χ0n) is 12.4. The third-order valence-electron chi connectivity index (χ3n) is 3.59. The first-order valence-electron chi connectivity index (χ1n) is 6.93. The van der Waals surface area contributed by atoms with Crippen LogP contribution < -0.4 is 5.43 Å². The molecule has 110 valence electrons. The molecule has 0 unspecified atom stereocenters. The molecule has 1 aromatic rings. The molecule has 1 aromatic carbocycles. The lowest BCUT2D eigenvalue weighted by molar-refractivity contribution is 0.0660. The van der Waals surface area contributed by atoms with Gasteiger partial charge in [-0.15, -0.1) is 0 Å². The first-order valence-corrected chi connectivity index (χ1v) is 6.93. The number of carbonyl (C=O) groups is 1. The normalized spacial score (nSPS) is 18.0. The van der Waals surface area contributed by atoms with E-state index in [1.165, 1.54) is 0 Å². The summed E-state index contributed by atoms with van der Waals surface area (Å²) in [5, 5.41) is 11.9. The molecule has 0 aromatic heterocycles. The standard InChI is InChI=1S/C15H23N3O2/c1-15(2,20)13-6-4-5-12(11-13)14(19)16-18-9-7-17(3)8-10-18/h4-6,11,20H,7-10H2,1-3H3,(H,16,19). The Kier molecular flexibility index (Phi) is 4.42. The number of likely N-dealkylation sites (N-methyl/N-ethyl adjacent to an activating group) is 1. The van der Waals surface area contributed by atoms with Crippen molar-refractivity contribution in [3.63, 3.8) is 0 Å². The highest BCUT2D eigenvalue weighted by Crippen LogP contribution is 2.20. The van der Waals surface area contributed by atoms with Gasteiger partial charge in [0, 0.05) is 31.7 Å². The molecule has 1 saturated heterocycles. The van der Waals surface area contributed by atoms with Crippen molar-refractivity contribution < 1.29 is 9.90 Å². The van der Waals surface area contributed by atoms with Crippen molar-refractivity contribution >= 4 is 5.91 Å². The van der Waals surface area contributed by atoms with Gasteiger partial charge < -0.3 is 10.0 Å². The van der Waals surface area contributed by atoms with Gasteiger partial charge in [-0.1, -0.05) is 12.1 Å². The van der Waals surface area contributed by atoms with E-state index < -0.39 is 5.60 Å². The van der Waals surface area contributed by atoms with E-state index in [4.69, 9.17) is 0 Å². The second kappa shape index (κ2) is 5.91. The highest BCUT2D eigenvalue weighted by Gasteiger charge is 2.19. The second-order valence-electron chi connectivity index (χ2n) is 5.87. The van der Waals surface area contributed by atoms with E-state index in [2.05, 4.69) is 17.4 Å². The minimum Gasteiger partial charge on any atom is -0.386 e. The Morgan fingerprint density at radius 3 is 2.50 bits per heavy atom. The lowest BCUT2D eigenvalue weighted by Gasteiger charge is -2.32. The van der Waals surface area contributed by atoms with E-state index >= 15 is 0 Å². The maximum absolute atomic E-state index is 12.2. The van der Waals surface area contributed by atoms with Gasteiger partial charge in [-0.25, -0.2) is 5.01 Å². The van der Waals surface area contributed by atoms with E-state index in [9.17, 15) is 9.90 Å². The van der Waals surface area contributed by atoms with Gasteiger partial charge in [0.15, 0.2) is 0 Å². The summed E-state index contributed by atoms with van der Waals surface area (Å²) >= 11 is 0. The Labute approximate surface area is 120 Å². The zero-order valence-corrected chi connectivity index (χ0v) is 12.4. The highest BCUT2D eigenvalue weighted by molar-refractivity contribution is 5.94. The molecule has 2 N–H and O–H groups in total. The molecule has 0 bridgehead atoms. The minimum atomic E-state index is -0.940. The van der Waals surface area contributed by atoms with E-state index in [0.29, 0.717) is 5.56 Å². The van der Waals surface area contributed by atoms with Crippen LogP contribution in [0.2, 0.25) is 0 Å². The van der Waals surface area contributed by atoms with Crippen molar-refractivity contribution in [1.29, 1.82) is 0 Å². The summed E-state index contributed by atoms with van der Waals surface area (Å²) in [6.45, 7) is 6.98. The van der Waals surface area contributed by atoms with Gasteiger partial charge in [-0.2, -0.15) is 0 Å². The van der Waals surface area contributed by atoms with Crippen LogP contribution in [0.4, 0.5) is 0 Å². The molecule has 1 amide bonds. The fourth-order valence-electron chi connectivity index (χ4n) is 2.17. The Hall–Kier alpha value is -1.43. The molecule has 5 heteroatoms. The maximum atomic E-state index is 12.2. The molecule has 0 saturated carbocycles. The summed E-state index contributed by atoms with van der Waals surface area (Å²) < 4.78 is 0. The summed E-state index contributed by atoms with van der Waals surface area (Å²) in [4.78, 5) is 14.5. The van der Waals surface area contributed by atoms with Crippen molar-refractivity contribution in [3.8, 4) is 0 Å². The second-order valence-corrected chi connectivity index (χ2v) is 5.87. The number of hydrazine groups is 1. The first kappa shape index (κ1) is 15.0. The van der Waals surface area contributed by atoms with E-state index in [0.717, 1.165) is 31.7 Å². The zero-order chi connectivity index (χ0) is 14.8. The third kappa shape index (κ3) is 3.79. The molecule has 20 heavy (non-hydrogen) atoms. The van der Waals surface area contributed by atoms with Gasteiger partial charge in [-0.3, -0.25) is 10.2 Å². The Balaban J connectivity index is 2.02. The molecule has 1 aliphatic rings. The van der Waals surface area contributed by atoms with E-state index in [-0.39, 0.29) is 5.91 Å². The molecule has 2 rings (SSSR count). The number of aliphatic hydroxyl groups is 1. The minimum absolute atomic E-state index is 0.124.